The second kappa shape index (κ2) is 4.14. The Balaban J connectivity index is 1.88. The lowest BCUT2D eigenvalue weighted by Crippen LogP contribution is -2.16. The van der Waals surface area contributed by atoms with Gasteiger partial charge in [-0.15, -0.1) is 0 Å². The number of benzene rings is 1. The van der Waals surface area contributed by atoms with E-state index >= 15 is 0 Å². The molecule has 1 aliphatic heterocycles. The Morgan fingerprint density at radius 2 is 1.82 bits per heavy atom. The van der Waals surface area contributed by atoms with Crippen molar-refractivity contribution < 1.29 is 5.11 Å². The third kappa shape index (κ3) is 1.87. The molecule has 2 aromatic rings. The minimum absolute atomic E-state index is 0.116. The first-order valence-electron chi connectivity index (χ1n) is 5.61. The topological polar surface area (TPSA) is 49.3 Å². The van der Waals surface area contributed by atoms with Gasteiger partial charge in [-0.05, 0) is 17.2 Å². The number of fused-ring (bicyclic) bond motifs is 1. The molecule has 0 unspecified atom stereocenters. The van der Waals surface area contributed by atoms with Crippen LogP contribution in [-0.2, 0) is 19.7 Å². The van der Waals surface area contributed by atoms with Crippen molar-refractivity contribution in [3.8, 4) is 0 Å². The van der Waals surface area contributed by atoms with Gasteiger partial charge in [-0.25, -0.2) is 9.97 Å². The lowest BCUT2D eigenvalue weighted by Gasteiger charge is -2.16. The largest absolute Gasteiger partial charge is 0.388 e. The van der Waals surface area contributed by atoms with Gasteiger partial charge in [0.15, 0.2) is 5.82 Å². The predicted octanol–water partition coefficient (Wildman–Crippen LogP) is 1.49. The molecule has 4 nitrogen and oxygen atoms in total. The van der Waals surface area contributed by atoms with Crippen LogP contribution in [0, 0.1) is 0 Å². The molecule has 1 N–H and O–H groups in total. The third-order valence-electron chi connectivity index (χ3n) is 3.00. The molecule has 86 valence electrons. The zero-order valence-corrected chi connectivity index (χ0v) is 9.37. The summed E-state index contributed by atoms with van der Waals surface area (Å²) < 4.78 is 0. The maximum absolute atomic E-state index is 9.03. The van der Waals surface area contributed by atoms with Crippen molar-refractivity contribution in [3.63, 3.8) is 0 Å². The van der Waals surface area contributed by atoms with E-state index in [2.05, 4.69) is 39.1 Å². The van der Waals surface area contributed by atoms with Crippen molar-refractivity contribution in [2.75, 3.05) is 4.90 Å². The van der Waals surface area contributed by atoms with Gasteiger partial charge in [-0.3, -0.25) is 0 Å². The zero-order chi connectivity index (χ0) is 11.7. The van der Waals surface area contributed by atoms with Gasteiger partial charge in [-0.1, -0.05) is 24.3 Å². The van der Waals surface area contributed by atoms with Crippen LogP contribution in [0.15, 0.2) is 36.5 Å². The molecule has 0 amide bonds. The van der Waals surface area contributed by atoms with Crippen molar-refractivity contribution in [1.29, 1.82) is 0 Å². The molecular weight excluding hydrogens is 214 g/mol. The van der Waals surface area contributed by atoms with Gasteiger partial charge in [0.1, 0.15) is 12.4 Å². The van der Waals surface area contributed by atoms with E-state index in [9.17, 15) is 0 Å². The fraction of sp³-hybridized carbons (Fsp3) is 0.231. The van der Waals surface area contributed by atoms with Crippen molar-refractivity contribution in [1.82, 2.24) is 9.97 Å². The van der Waals surface area contributed by atoms with Crippen LogP contribution in [-0.4, -0.2) is 15.1 Å². The summed E-state index contributed by atoms with van der Waals surface area (Å²) in [5.74, 6) is 1.35. The number of rotatable bonds is 2. The summed E-state index contributed by atoms with van der Waals surface area (Å²) in [6.45, 7) is 1.63. The molecule has 4 heteroatoms. The fourth-order valence-electron chi connectivity index (χ4n) is 2.14. The predicted molar refractivity (Wildman–Crippen MR) is 64.3 cm³/mol. The highest BCUT2D eigenvalue weighted by atomic mass is 16.3. The number of aliphatic hydroxyl groups excluding tert-OH is 1. The Morgan fingerprint density at radius 3 is 2.47 bits per heavy atom. The summed E-state index contributed by atoms with van der Waals surface area (Å²) in [5, 5.41) is 9.03. The summed E-state index contributed by atoms with van der Waals surface area (Å²) >= 11 is 0. The van der Waals surface area contributed by atoms with E-state index in [1.807, 2.05) is 6.07 Å². The normalized spacial score (nSPS) is 13.8. The number of hydrogen-bond acceptors (Lipinski definition) is 4. The van der Waals surface area contributed by atoms with Crippen LogP contribution < -0.4 is 4.90 Å². The SMILES string of the molecule is OCc1nccc(N2Cc3ccccc3C2)n1. The molecule has 1 aromatic carbocycles. The van der Waals surface area contributed by atoms with Gasteiger partial charge in [0.25, 0.3) is 0 Å². The molecule has 0 spiro atoms. The Hall–Kier alpha value is -1.94. The number of aromatic nitrogens is 2. The number of anilines is 1. The van der Waals surface area contributed by atoms with Gasteiger partial charge in [0.2, 0.25) is 0 Å². The molecule has 0 fully saturated rings. The molecular formula is C13H13N3O. The van der Waals surface area contributed by atoms with E-state index in [4.69, 9.17) is 5.11 Å². The Kier molecular flexibility index (Phi) is 2.49. The van der Waals surface area contributed by atoms with E-state index in [0.717, 1.165) is 18.9 Å². The molecule has 3 rings (SSSR count). The summed E-state index contributed by atoms with van der Waals surface area (Å²) in [5.41, 5.74) is 2.69. The van der Waals surface area contributed by atoms with E-state index < -0.39 is 0 Å². The molecule has 0 bridgehead atoms. The highest BCUT2D eigenvalue weighted by molar-refractivity contribution is 5.46. The Labute approximate surface area is 99.6 Å². The first kappa shape index (κ1) is 10.2. The summed E-state index contributed by atoms with van der Waals surface area (Å²) in [6, 6.07) is 10.3. The van der Waals surface area contributed by atoms with Crippen molar-refractivity contribution in [3.05, 3.63) is 53.5 Å². The van der Waals surface area contributed by atoms with Crippen LogP contribution in [0.2, 0.25) is 0 Å². The molecule has 0 saturated heterocycles. The molecule has 0 radical (unpaired) electrons. The van der Waals surface area contributed by atoms with Crippen molar-refractivity contribution in [2.45, 2.75) is 19.7 Å². The van der Waals surface area contributed by atoms with Crippen LogP contribution in [0.3, 0.4) is 0 Å². The van der Waals surface area contributed by atoms with Crippen molar-refractivity contribution in [2.24, 2.45) is 0 Å². The van der Waals surface area contributed by atoms with Crippen molar-refractivity contribution >= 4 is 5.82 Å². The average Bonchev–Trinajstić information content (AvgIpc) is 2.82. The first-order chi connectivity index (χ1) is 8.36. The van der Waals surface area contributed by atoms with Gasteiger partial charge in [0, 0.05) is 19.3 Å². The lowest BCUT2D eigenvalue weighted by atomic mass is 10.1. The molecule has 1 aliphatic rings. The van der Waals surface area contributed by atoms with Gasteiger partial charge >= 0.3 is 0 Å². The number of aliphatic hydroxyl groups is 1. The second-order valence-electron chi connectivity index (χ2n) is 4.11. The molecule has 1 aromatic heterocycles. The maximum Gasteiger partial charge on any atom is 0.156 e. The van der Waals surface area contributed by atoms with E-state index in [1.165, 1.54) is 11.1 Å². The summed E-state index contributed by atoms with van der Waals surface area (Å²) in [6.07, 6.45) is 1.69. The lowest BCUT2D eigenvalue weighted by molar-refractivity contribution is 0.271. The molecule has 17 heavy (non-hydrogen) atoms. The highest BCUT2D eigenvalue weighted by Gasteiger charge is 2.19. The second-order valence-corrected chi connectivity index (χ2v) is 4.11. The quantitative estimate of drug-likeness (QED) is 0.844. The smallest absolute Gasteiger partial charge is 0.156 e. The average molecular weight is 227 g/mol. The fourth-order valence-corrected chi connectivity index (χ4v) is 2.14. The highest BCUT2D eigenvalue weighted by Crippen LogP contribution is 2.26. The summed E-state index contributed by atoms with van der Waals surface area (Å²) in [7, 11) is 0. The maximum atomic E-state index is 9.03. The zero-order valence-electron chi connectivity index (χ0n) is 9.37. The van der Waals surface area contributed by atoms with Crippen LogP contribution in [0.1, 0.15) is 17.0 Å². The van der Waals surface area contributed by atoms with E-state index in [-0.39, 0.29) is 6.61 Å². The van der Waals surface area contributed by atoms with E-state index in [0.29, 0.717) is 5.82 Å². The molecule has 0 saturated carbocycles. The van der Waals surface area contributed by atoms with Crippen LogP contribution >= 0.6 is 0 Å². The number of nitrogens with zero attached hydrogens (tertiary/aromatic N) is 3. The third-order valence-corrected chi connectivity index (χ3v) is 3.00. The minimum atomic E-state index is -0.116. The van der Waals surface area contributed by atoms with Crippen LogP contribution in [0.5, 0.6) is 0 Å². The van der Waals surface area contributed by atoms with E-state index in [1.54, 1.807) is 6.20 Å². The summed E-state index contributed by atoms with van der Waals surface area (Å²) in [4.78, 5) is 10.5. The van der Waals surface area contributed by atoms with Crippen LogP contribution in [0.4, 0.5) is 5.82 Å². The standard InChI is InChI=1S/C13H13N3O/c17-9-12-14-6-5-13(15-12)16-7-10-3-1-2-4-11(10)8-16/h1-6,17H,7-9H2. The van der Waals surface area contributed by atoms with Gasteiger partial charge in [0.05, 0.1) is 0 Å². The van der Waals surface area contributed by atoms with Crippen LogP contribution in [0.25, 0.3) is 0 Å². The number of hydrogen-bond donors (Lipinski definition) is 1. The molecule has 2 heterocycles. The Bertz CT molecular complexity index is 517. The first-order valence-corrected chi connectivity index (χ1v) is 5.61. The van der Waals surface area contributed by atoms with Gasteiger partial charge < -0.3 is 10.0 Å². The molecule has 0 aliphatic carbocycles. The van der Waals surface area contributed by atoms with Gasteiger partial charge in [-0.2, -0.15) is 0 Å². The minimum Gasteiger partial charge on any atom is -0.388 e. The monoisotopic (exact) mass is 227 g/mol. The Morgan fingerprint density at radius 1 is 1.12 bits per heavy atom. The molecule has 0 atom stereocenters.